The Bertz CT molecular complexity index is 1380. The third-order valence-electron chi connectivity index (χ3n) is 6.47. The van der Waals surface area contributed by atoms with Gasteiger partial charge < -0.3 is 18.8 Å². The minimum Gasteiger partial charge on any atom is -0.489 e. The number of anilines is 1. The van der Waals surface area contributed by atoms with E-state index in [0.29, 0.717) is 24.9 Å². The largest absolute Gasteiger partial charge is 0.489 e. The fourth-order valence-corrected chi connectivity index (χ4v) is 4.75. The Kier molecular flexibility index (Phi) is 7.18. The van der Waals surface area contributed by atoms with E-state index in [0.717, 1.165) is 22.2 Å². The van der Waals surface area contributed by atoms with E-state index >= 15 is 0 Å². The molecule has 0 radical (unpaired) electrons. The summed E-state index contributed by atoms with van der Waals surface area (Å²) < 4.78 is 18.6. The van der Waals surface area contributed by atoms with Crippen molar-refractivity contribution in [1.82, 2.24) is 9.55 Å². The smallest absolute Gasteiger partial charge is 0.321 e. The van der Waals surface area contributed by atoms with Crippen molar-refractivity contribution in [3.63, 3.8) is 0 Å². The standard InChI is InChI=1S/C29H29N3O5/c1-3-36-28(34)25-26(21-13-15-22(16-14-21)37-19-20-9-5-4-6-10-20)32-24-12-8-7-11-23(24)30-29(32)31(27(25)33)17-18-35-2/h4-16,25-26H,3,17-19H2,1-2H3. The second kappa shape index (κ2) is 10.8. The quantitative estimate of drug-likeness (QED) is 0.251. The Labute approximate surface area is 215 Å². The summed E-state index contributed by atoms with van der Waals surface area (Å²) in [6.45, 7) is 2.94. The number of hydrogen-bond acceptors (Lipinski definition) is 6. The first-order chi connectivity index (χ1) is 18.1. The Hall–Kier alpha value is -4.17. The lowest BCUT2D eigenvalue weighted by molar-refractivity contribution is -0.153. The van der Waals surface area contributed by atoms with Gasteiger partial charge in [-0.15, -0.1) is 0 Å². The van der Waals surface area contributed by atoms with Gasteiger partial charge in [0.1, 0.15) is 12.4 Å². The molecule has 3 aromatic carbocycles. The van der Waals surface area contributed by atoms with Crippen LogP contribution < -0.4 is 9.64 Å². The van der Waals surface area contributed by atoms with E-state index in [1.165, 1.54) is 4.90 Å². The number of carbonyl (C=O) groups excluding carboxylic acids is 2. The number of para-hydroxylation sites is 2. The molecule has 1 aliphatic rings. The maximum atomic E-state index is 13.8. The third-order valence-corrected chi connectivity index (χ3v) is 6.47. The summed E-state index contributed by atoms with van der Waals surface area (Å²) in [7, 11) is 1.57. The number of aromatic nitrogens is 2. The molecule has 2 unspecified atom stereocenters. The zero-order valence-corrected chi connectivity index (χ0v) is 20.9. The number of methoxy groups -OCH3 is 1. The van der Waals surface area contributed by atoms with Gasteiger partial charge in [-0.2, -0.15) is 0 Å². The van der Waals surface area contributed by atoms with Gasteiger partial charge in [0.2, 0.25) is 11.9 Å². The molecule has 2 heterocycles. The predicted molar refractivity (Wildman–Crippen MR) is 139 cm³/mol. The van der Waals surface area contributed by atoms with Gasteiger partial charge in [0.15, 0.2) is 5.92 Å². The lowest BCUT2D eigenvalue weighted by Crippen LogP contribution is -2.51. The summed E-state index contributed by atoms with van der Waals surface area (Å²) in [5.74, 6) is -0.809. The fourth-order valence-electron chi connectivity index (χ4n) is 4.75. The van der Waals surface area contributed by atoms with Crippen LogP contribution in [0.1, 0.15) is 24.1 Å². The highest BCUT2D eigenvalue weighted by Crippen LogP contribution is 2.41. The molecule has 0 saturated heterocycles. The van der Waals surface area contributed by atoms with E-state index in [1.54, 1.807) is 14.0 Å². The predicted octanol–water partition coefficient (Wildman–Crippen LogP) is 4.38. The number of ether oxygens (including phenoxy) is 3. The van der Waals surface area contributed by atoms with Crippen molar-refractivity contribution in [2.45, 2.75) is 19.6 Å². The van der Waals surface area contributed by atoms with Crippen LogP contribution in [0.25, 0.3) is 11.0 Å². The van der Waals surface area contributed by atoms with Crippen molar-refractivity contribution < 1.29 is 23.8 Å². The van der Waals surface area contributed by atoms with Crippen LogP contribution in [-0.4, -0.2) is 48.3 Å². The zero-order chi connectivity index (χ0) is 25.8. The number of imidazole rings is 1. The van der Waals surface area contributed by atoms with E-state index in [-0.39, 0.29) is 19.1 Å². The molecular formula is C29H29N3O5. The van der Waals surface area contributed by atoms with E-state index in [4.69, 9.17) is 19.2 Å². The first kappa shape index (κ1) is 24.5. The molecule has 1 aromatic heterocycles. The van der Waals surface area contributed by atoms with Gasteiger partial charge in [-0.3, -0.25) is 14.5 Å². The van der Waals surface area contributed by atoms with Crippen LogP contribution >= 0.6 is 0 Å². The second-order valence-electron chi connectivity index (χ2n) is 8.77. The first-order valence-electron chi connectivity index (χ1n) is 12.3. The molecule has 0 aliphatic carbocycles. The van der Waals surface area contributed by atoms with Gasteiger partial charge in [0, 0.05) is 7.11 Å². The lowest BCUT2D eigenvalue weighted by Gasteiger charge is -2.37. The molecule has 0 fully saturated rings. The molecule has 1 amide bonds. The number of benzene rings is 3. The summed E-state index contributed by atoms with van der Waals surface area (Å²) in [6.07, 6.45) is 0. The van der Waals surface area contributed by atoms with Gasteiger partial charge in [-0.1, -0.05) is 54.6 Å². The summed E-state index contributed by atoms with van der Waals surface area (Å²) >= 11 is 0. The van der Waals surface area contributed by atoms with E-state index in [9.17, 15) is 9.59 Å². The van der Waals surface area contributed by atoms with E-state index < -0.39 is 17.9 Å². The van der Waals surface area contributed by atoms with Gasteiger partial charge in [-0.05, 0) is 42.3 Å². The van der Waals surface area contributed by atoms with Gasteiger partial charge in [0.25, 0.3) is 0 Å². The Morgan fingerprint density at radius 2 is 1.70 bits per heavy atom. The molecule has 5 rings (SSSR count). The molecule has 0 bridgehead atoms. The SMILES string of the molecule is CCOC(=O)C1C(=O)N(CCOC)c2nc3ccccc3n2C1c1ccc(OCc2ccccc2)cc1. The number of rotatable bonds is 9. The minimum absolute atomic E-state index is 0.178. The van der Waals surface area contributed by atoms with Crippen LogP contribution in [0.4, 0.5) is 5.95 Å². The number of esters is 1. The maximum Gasteiger partial charge on any atom is 0.321 e. The monoisotopic (exact) mass is 499 g/mol. The van der Waals surface area contributed by atoms with Gasteiger partial charge in [0.05, 0.1) is 36.8 Å². The van der Waals surface area contributed by atoms with Crippen LogP contribution in [0.3, 0.4) is 0 Å². The van der Waals surface area contributed by atoms with Crippen molar-refractivity contribution in [2.24, 2.45) is 5.92 Å². The number of fused-ring (bicyclic) bond motifs is 3. The number of amides is 1. The average molecular weight is 500 g/mol. The fraction of sp³-hybridized carbons (Fsp3) is 0.276. The van der Waals surface area contributed by atoms with Gasteiger partial charge >= 0.3 is 5.97 Å². The molecule has 2 atom stereocenters. The van der Waals surface area contributed by atoms with Crippen molar-refractivity contribution >= 4 is 28.9 Å². The molecule has 1 aliphatic heterocycles. The molecule has 190 valence electrons. The summed E-state index contributed by atoms with van der Waals surface area (Å²) in [5, 5.41) is 0. The maximum absolute atomic E-state index is 13.8. The van der Waals surface area contributed by atoms with Crippen molar-refractivity contribution in [3.8, 4) is 5.75 Å². The number of hydrogen-bond donors (Lipinski definition) is 0. The van der Waals surface area contributed by atoms with Crippen molar-refractivity contribution in [2.75, 3.05) is 31.8 Å². The number of nitrogens with zero attached hydrogens (tertiary/aromatic N) is 3. The van der Waals surface area contributed by atoms with Crippen molar-refractivity contribution in [3.05, 3.63) is 90.0 Å². The van der Waals surface area contributed by atoms with Crippen LogP contribution in [0.5, 0.6) is 5.75 Å². The average Bonchev–Trinajstić information content (AvgIpc) is 3.31. The van der Waals surface area contributed by atoms with Gasteiger partial charge in [-0.25, -0.2) is 4.98 Å². The highest BCUT2D eigenvalue weighted by molar-refractivity contribution is 6.08. The summed E-state index contributed by atoms with van der Waals surface area (Å²) in [5.41, 5.74) is 3.42. The van der Waals surface area contributed by atoms with Crippen LogP contribution in [0.2, 0.25) is 0 Å². The Balaban J connectivity index is 1.56. The highest BCUT2D eigenvalue weighted by atomic mass is 16.5. The Morgan fingerprint density at radius 1 is 0.973 bits per heavy atom. The molecule has 0 N–H and O–H groups in total. The molecular weight excluding hydrogens is 470 g/mol. The van der Waals surface area contributed by atoms with Crippen molar-refractivity contribution in [1.29, 1.82) is 0 Å². The van der Waals surface area contributed by atoms with Crippen LogP contribution in [-0.2, 0) is 25.7 Å². The molecule has 0 spiro atoms. The second-order valence-corrected chi connectivity index (χ2v) is 8.77. The Morgan fingerprint density at radius 3 is 2.43 bits per heavy atom. The molecule has 4 aromatic rings. The van der Waals surface area contributed by atoms with Crippen LogP contribution in [0, 0.1) is 5.92 Å². The van der Waals surface area contributed by atoms with E-state index in [2.05, 4.69) is 0 Å². The third kappa shape index (κ3) is 4.80. The zero-order valence-electron chi connectivity index (χ0n) is 20.9. The minimum atomic E-state index is -1.07. The molecule has 8 nitrogen and oxygen atoms in total. The molecule has 8 heteroatoms. The summed E-state index contributed by atoms with van der Waals surface area (Å²) in [4.78, 5) is 33.3. The summed E-state index contributed by atoms with van der Waals surface area (Å²) in [6, 6.07) is 24.5. The first-order valence-corrected chi connectivity index (χ1v) is 12.3. The molecule has 37 heavy (non-hydrogen) atoms. The van der Waals surface area contributed by atoms with Crippen LogP contribution in [0.15, 0.2) is 78.9 Å². The molecule has 0 saturated carbocycles. The number of carbonyl (C=O) groups is 2. The normalized spacial score (nSPS) is 17.0. The highest BCUT2D eigenvalue weighted by Gasteiger charge is 2.47. The lowest BCUT2D eigenvalue weighted by atomic mass is 9.89. The van der Waals surface area contributed by atoms with E-state index in [1.807, 2.05) is 83.4 Å². The topological polar surface area (TPSA) is 82.9 Å².